The van der Waals surface area contributed by atoms with Gasteiger partial charge in [-0.3, -0.25) is 9.59 Å². The van der Waals surface area contributed by atoms with Crippen LogP contribution in [0.4, 0.5) is 0 Å². The zero-order valence-corrected chi connectivity index (χ0v) is 14.9. The molecule has 7 heteroatoms. The van der Waals surface area contributed by atoms with Gasteiger partial charge in [-0.15, -0.1) is 0 Å². The molecule has 0 saturated carbocycles. The summed E-state index contributed by atoms with van der Waals surface area (Å²) in [5.74, 6) is -0.770. The third-order valence-corrected chi connectivity index (χ3v) is 6.05. The molecule has 0 spiro atoms. The molecule has 1 heterocycles. The molecule has 0 aromatic heterocycles. The van der Waals surface area contributed by atoms with Gasteiger partial charge in [0.05, 0.1) is 11.5 Å². The van der Waals surface area contributed by atoms with Crippen LogP contribution in [-0.2, 0) is 14.6 Å². The van der Waals surface area contributed by atoms with E-state index in [-0.39, 0.29) is 17.4 Å². The van der Waals surface area contributed by atoms with Crippen LogP contribution in [0.25, 0.3) is 0 Å². The van der Waals surface area contributed by atoms with Crippen molar-refractivity contribution in [3.8, 4) is 0 Å². The average Bonchev–Trinajstić information content (AvgIpc) is 2.99. The second-order valence-electron chi connectivity index (χ2n) is 6.29. The Morgan fingerprint density at radius 1 is 0.962 bits per heavy atom. The molecule has 1 aliphatic heterocycles. The highest BCUT2D eigenvalue weighted by Crippen LogP contribution is 2.17. The fourth-order valence-electron chi connectivity index (χ4n) is 2.94. The number of hydrogen-bond acceptors (Lipinski definition) is 4. The molecule has 0 radical (unpaired) electrons. The molecule has 2 N–H and O–H groups in total. The van der Waals surface area contributed by atoms with Crippen LogP contribution < -0.4 is 10.6 Å². The Hall–Kier alpha value is -2.67. The predicted molar refractivity (Wildman–Crippen MR) is 98.3 cm³/mol. The van der Waals surface area contributed by atoms with E-state index in [1.54, 1.807) is 54.6 Å². The Morgan fingerprint density at radius 3 is 2.15 bits per heavy atom. The van der Waals surface area contributed by atoms with E-state index in [1.165, 1.54) is 0 Å². The summed E-state index contributed by atoms with van der Waals surface area (Å²) in [6, 6.07) is 16.2. The van der Waals surface area contributed by atoms with Crippen LogP contribution >= 0.6 is 0 Å². The lowest BCUT2D eigenvalue weighted by atomic mass is 10.0. The van der Waals surface area contributed by atoms with Gasteiger partial charge in [0.1, 0.15) is 6.04 Å². The van der Waals surface area contributed by atoms with E-state index < -0.39 is 27.8 Å². The Labute approximate surface area is 152 Å². The maximum Gasteiger partial charge on any atom is 0.252 e. The van der Waals surface area contributed by atoms with Gasteiger partial charge in [-0.1, -0.05) is 48.5 Å². The Bertz CT molecular complexity index is 882. The van der Waals surface area contributed by atoms with Crippen molar-refractivity contribution in [3.63, 3.8) is 0 Å². The van der Waals surface area contributed by atoms with Gasteiger partial charge >= 0.3 is 0 Å². The normalized spacial score (nSPS) is 19.5. The molecule has 2 aromatic rings. The first kappa shape index (κ1) is 18.1. The first-order valence-electron chi connectivity index (χ1n) is 8.36. The monoisotopic (exact) mass is 372 g/mol. The number of benzene rings is 2. The Kier molecular flexibility index (Phi) is 5.37. The van der Waals surface area contributed by atoms with Crippen LogP contribution in [0.5, 0.6) is 0 Å². The van der Waals surface area contributed by atoms with E-state index in [9.17, 15) is 18.0 Å². The molecule has 3 rings (SSSR count). The lowest BCUT2D eigenvalue weighted by Crippen LogP contribution is -2.44. The lowest BCUT2D eigenvalue weighted by molar-refractivity contribution is -0.123. The minimum absolute atomic E-state index is 0.0626. The largest absolute Gasteiger partial charge is 0.350 e. The number of amides is 2. The summed E-state index contributed by atoms with van der Waals surface area (Å²) in [5, 5.41) is 5.50. The van der Waals surface area contributed by atoms with Crippen LogP contribution in [0.1, 0.15) is 28.4 Å². The molecular formula is C19H20N2O4S. The molecule has 0 bridgehead atoms. The van der Waals surface area contributed by atoms with E-state index in [2.05, 4.69) is 10.6 Å². The highest BCUT2D eigenvalue weighted by Gasteiger charge is 2.32. The quantitative estimate of drug-likeness (QED) is 0.831. The minimum Gasteiger partial charge on any atom is -0.350 e. The molecular weight excluding hydrogens is 352 g/mol. The minimum atomic E-state index is -3.10. The number of nitrogens with one attached hydrogen (secondary N) is 2. The maximum absolute atomic E-state index is 12.8. The summed E-state index contributed by atoms with van der Waals surface area (Å²) in [5.41, 5.74) is 1.08. The summed E-state index contributed by atoms with van der Waals surface area (Å²) in [6.07, 6.45) is 0.391. The lowest BCUT2D eigenvalue weighted by Gasteiger charge is -2.21. The van der Waals surface area contributed by atoms with Crippen LogP contribution in [0.15, 0.2) is 60.7 Å². The number of sulfone groups is 1. The van der Waals surface area contributed by atoms with E-state index in [0.29, 0.717) is 17.5 Å². The molecule has 2 atom stereocenters. The van der Waals surface area contributed by atoms with E-state index >= 15 is 0 Å². The SMILES string of the molecule is O=C(N[C@@H](C(=O)N[C@H]1CCS(=O)(=O)C1)c1ccccc1)c1ccccc1. The first-order valence-corrected chi connectivity index (χ1v) is 10.2. The molecule has 26 heavy (non-hydrogen) atoms. The van der Waals surface area contributed by atoms with Crippen molar-refractivity contribution in [2.45, 2.75) is 18.5 Å². The van der Waals surface area contributed by atoms with Crippen molar-refractivity contribution in [3.05, 3.63) is 71.8 Å². The van der Waals surface area contributed by atoms with Crippen LogP contribution in [0.3, 0.4) is 0 Å². The van der Waals surface area contributed by atoms with Crippen LogP contribution in [-0.4, -0.2) is 37.8 Å². The molecule has 6 nitrogen and oxygen atoms in total. The molecule has 0 aliphatic carbocycles. The smallest absolute Gasteiger partial charge is 0.252 e. The molecule has 1 aliphatic rings. The van der Waals surface area contributed by atoms with E-state index in [4.69, 9.17) is 0 Å². The zero-order valence-electron chi connectivity index (χ0n) is 14.1. The Balaban J connectivity index is 1.77. The first-order chi connectivity index (χ1) is 12.4. The third-order valence-electron chi connectivity index (χ3n) is 4.29. The Morgan fingerprint density at radius 2 is 1.58 bits per heavy atom. The van der Waals surface area contributed by atoms with Crippen LogP contribution in [0.2, 0.25) is 0 Å². The topological polar surface area (TPSA) is 92.3 Å². The molecule has 1 saturated heterocycles. The second-order valence-corrected chi connectivity index (χ2v) is 8.52. The predicted octanol–water partition coefficient (Wildman–Crippen LogP) is 1.46. The zero-order chi connectivity index (χ0) is 18.6. The van der Waals surface area contributed by atoms with Gasteiger partial charge in [0, 0.05) is 11.6 Å². The highest BCUT2D eigenvalue weighted by atomic mass is 32.2. The van der Waals surface area contributed by atoms with Gasteiger partial charge in [-0.2, -0.15) is 0 Å². The molecule has 2 amide bonds. The van der Waals surface area contributed by atoms with Crippen molar-refractivity contribution in [1.29, 1.82) is 0 Å². The standard InChI is InChI=1S/C19H20N2O4S/c22-18(15-9-5-2-6-10-15)21-17(14-7-3-1-4-8-14)19(23)20-16-11-12-26(24,25)13-16/h1-10,16-17H,11-13H2,(H,20,23)(H,21,22)/t16-,17+/m0/s1. The summed E-state index contributed by atoms with van der Waals surface area (Å²) in [4.78, 5) is 25.2. The fraction of sp³-hybridized carbons (Fsp3) is 0.263. The second kappa shape index (κ2) is 7.70. The van der Waals surface area contributed by atoms with Gasteiger partial charge in [0.15, 0.2) is 9.84 Å². The van der Waals surface area contributed by atoms with Gasteiger partial charge in [-0.25, -0.2) is 8.42 Å². The van der Waals surface area contributed by atoms with Gasteiger partial charge < -0.3 is 10.6 Å². The molecule has 1 fully saturated rings. The van der Waals surface area contributed by atoms with E-state index in [0.717, 1.165) is 0 Å². The van der Waals surface area contributed by atoms with Gasteiger partial charge in [0.2, 0.25) is 5.91 Å². The molecule has 2 aromatic carbocycles. The summed E-state index contributed by atoms with van der Waals surface area (Å²) >= 11 is 0. The maximum atomic E-state index is 12.8. The van der Waals surface area contributed by atoms with Crippen molar-refractivity contribution >= 4 is 21.7 Å². The molecule has 0 unspecified atom stereocenters. The van der Waals surface area contributed by atoms with E-state index in [1.807, 2.05) is 6.07 Å². The average molecular weight is 372 g/mol. The van der Waals surface area contributed by atoms with Crippen molar-refractivity contribution in [1.82, 2.24) is 10.6 Å². The van der Waals surface area contributed by atoms with Crippen molar-refractivity contribution < 1.29 is 18.0 Å². The highest BCUT2D eigenvalue weighted by molar-refractivity contribution is 7.91. The number of carbonyl (C=O) groups is 2. The summed E-state index contributed by atoms with van der Waals surface area (Å²) < 4.78 is 23.2. The number of carbonyl (C=O) groups excluding carboxylic acids is 2. The van der Waals surface area contributed by atoms with Crippen LogP contribution in [0, 0.1) is 0 Å². The number of hydrogen-bond donors (Lipinski definition) is 2. The third kappa shape index (κ3) is 4.49. The summed E-state index contributed by atoms with van der Waals surface area (Å²) in [6.45, 7) is 0. The molecule has 136 valence electrons. The van der Waals surface area contributed by atoms with Gasteiger partial charge in [-0.05, 0) is 24.1 Å². The van der Waals surface area contributed by atoms with Crippen molar-refractivity contribution in [2.24, 2.45) is 0 Å². The van der Waals surface area contributed by atoms with Gasteiger partial charge in [0.25, 0.3) is 5.91 Å². The summed E-state index contributed by atoms with van der Waals surface area (Å²) in [7, 11) is -3.10. The fourth-order valence-corrected chi connectivity index (χ4v) is 4.62. The van der Waals surface area contributed by atoms with Crippen molar-refractivity contribution in [2.75, 3.05) is 11.5 Å². The number of rotatable bonds is 5.